The molecular formula is C16H12Cl2NO3-. The van der Waals surface area contributed by atoms with Gasteiger partial charge in [0.2, 0.25) is 0 Å². The Bertz CT molecular complexity index is 689. The maximum Gasteiger partial charge on any atom is 0.165 e. The van der Waals surface area contributed by atoms with Crippen LogP contribution in [-0.4, -0.2) is 17.8 Å². The van der Waals surface area contributed by atoms with Gasteiger partial charge in [0.25, 0.3) is 0 Å². The van der Waals surface area contributed by atoms with E-state index in [4.69, 9.17) is 23.2 Å². The number of carbonyl (C=O) groups is 2. The molecule has 0 fully saturated rings. The van der Waals surface area contributed by atoms with Gasteiger partial charge < -0.3 is 15.2 Å². The predicted octanol–water partition coefficient (Wildman–Crippen LogP) is 2.80. The molecule has 22 heavy (non-hydrogen) atoms. The quantitative estimate of drug-likeness (QED) is 0.823. The number of aliphatic carboxylic acids is 1. The molecule has 114 valence electrons. The lowest BCUT2D eigenvalue weighted by Gasteiger charge is -2.21. The lowest BCUT2D eigenvalue weighted by molar-refractivity contribution is -0.306. The van der Waals surface area contributed by atoms with E-state index in [1.165, 1.54) is 0 Å². The number of carbonyl (C=O) groups excluding carboxylic acids is 2. The summed E-state index contributed by atoms with van der Waals surface area (Å²) < 4.78 is 0. The Kier molecular flexibility index (Phi) is 5.41. The third-order valence-corrected chi connectivity index (χ3v) is 3.87. The number of hydrogen-bond acceptors (Lipinski definition) is 4. The number of Topliss-reactive ketones (excluding diaryl/α,β-unsaturated/α-hetero) is 1. The molecule has 0 aliphatic rings. The zero-order chi connectivity index (χ0) is 16.1. The summed E-state index contributed by atoms with van der Waals surface area (Å²) in [6, 6.07) is 12.0. The molecule has 0 aliphatic heterocycles. The summed E-state index contributed by atoms with van der Waals surface area (Å²) in [5.74, 6) is -1.69. The molecular weight excluding hydrogens is 325 g/mol. The van der Waals surface area contributed by atoms with Gasteiger partial charge in [0.05, 0.1) is 27.7 Å². The van der Waals surface area contributed by atoms with Crippen LogP contribution < -0.4 is 10.4 Å². The summed E-state index contributed by atoms with van der Waals surface area (Å²) in [6.07, 6.45) is -0.255. The number of nitrogens with one attached hydrogen (secondary N) is 1. The van der Waals surface area contributed by atoms with Crippen molar-refractivity contribution in [1.29, 1.82) is 0 Å². The second-order valence-corrected chi connectivity index (χ2v) is 5.40. The van der Waals surface area contributed by atoms with E-state index in [-0.39, 0.29) is 22.2 Å². The lowest BCUT2D eigenvalue weighted by atomic mass is 10.0. The minimum Gasteiger partial charge on any atom is -0.548 e. The fourth-order valence-corrected chi connectivity index (χ4v) is 2.28. The van der Waals surface area contributed by atoms with Gasteiger partial charge in [-0.05, 0) is 12.1 Å². The third-order valence-electron chi connectivity index (χ3n) is 3.05. The van der Waals surface area contributed by atoms with Crippen LogP contribution in [0, 0.1) is 0 Å². The molecule has 0 saturated heterocycles. The van der Waals surface area contributed by atoms with Crippen LogP contribution in [0.3, 0.4) is 0 Å². The molecule has 2 rings (SSSR count). The van der Waals surface area contributed by atoms with E-state index in [0.29, 0.717) is 11.3 Å². The maximum atomic E-state index is 12.1. The lowest BCUT2D eigenvalue weighted by Crippen LogP contribution is -2.42. The first-order chi connectivity index (χ1) is 10.5. The molecule has 1 unspecified atom stereocenters. The number of carboxylic acid groups (broad SMARTS) is 1. The number of benzene rings is 2. The van der Waals surface area contributed by atoms with Gasteiger partial charge in [-0.2, -0.15) is 0 Å². The third kappa shape index (κ3) is 4.00. The number of ketones is 1. The Labute approximate surface area is 137 Å². The molecule has 4 nitrogen and oxygen atoms in total. The average molecular weight is 337 g/mol. The van der Waals surface area contributed by atoms with Gasteiger partial charge in [-0.25, -0.2) is 0 Å². The van der Waals surface area contributed by atoms with Crippen LogP contribution in [0.4, 0.5) is 5.69 Å². The predicted molar refractivity (Wildman–Crippen MR) is 84.3 cm³/mol. The molecule has 6 heteroatoms. The first-order valence-electron chi connectivity index (χ1n) is 6.48. The van der Waals surface area contributed by atoms with Crippen LogP contribution in [0.1, 0.15) is 16.8 Å². The van der Waals surface area contributed by atoms with Gasteiger partial charge in [0.1, 0.15) is 0 Å². The number of hydrogen-bond donors (Lipinski definition) is 1. The number of rotatable bonds is 6. The van der Waals surface area contributed by atoms with Crippen molar-refractivity contribution < 1.29 is 14.7 Å². The number of anilines is 1. The summed E-state index contributed by atoms with van der Waals surface area (Å²) in [5, 5.41) is 14.4. The van der Waals surface area contributed by atoms with Crippen molar-refractivity contribution in [2.75, 3.05) is 5.32 Å². The van der Waals surface area contributed by atoms with Crippen LogP contribution in [-0.2, 0) is 4.79 Å². The summed E-state index contributed by atoms with van der Waals surface area (Å²) in [5.41, 5.74) is 0.775. The van der Waals surface area contributed by atoms with Crippen molar-refractivity contribution in [2.45, 2.75) is 12.5 Å². The van der Waals surface area contributed by atoms with Gasteiger partial charge in [-0.15, -0.1) is 0 Å². The van der Waals surface area contributed by atoms with E-state index in [1.807, 2.05) is 0 Å². The smallest absolute Gasteiger partial charge is 0.165 e. The van der Waals surface area contributed by atoms with Crippen LogP contribution in [0.25, 0.3) is 0 Å². The number of halogens is 2. The fraction of sp³-hybridized carbons (Fsp3) is 0.125. The van der Waals surface area contributed by atoms with Crippen molar-refractivity contribution in [3.63, 3.8) is 0 Å². The first-order valence-corrected chi connectivity index (χ1v) is 7.24. The van der Waals surface area contributed by atoms with Crippen molar-refractivity contribution in [1.82, 2.24) is 0 Å². The topological polar surface area (TPSA) is 69.2 Å². The molecule has 0 bridgehead atoms. The van der Waals surface area contributed by atoms with E-state index in [2.05, 4.69) is 5.32 Å². The van der Waals surface area contributed by atoms with E-state index in [1.54, 1.807) is 48.5 Å². The molecule has 1 N–H and O–H groups in total. The Morgan fingerprint density at radius 3 is 2.36 bits per heavy atom. The Morgan fingerprint density at radius 2 is 1.73 bits per heavy atom. The molecule has 0 aliphatic carbocycles. The van der Waals surface area contributed by atoms with Crippen molar-refractivity contribution in [2.24, 2.45) is 0 Å². The molecule has 2 aromatic carbocycles. The van der Waals surface area contributed by atoms with Gasteiger partial charge in [-0.1, -0.05) is 59.6 Å². The maximum absolute atomic E-state index is 12.1. The zero-order valence-corrected chi connectivity index (χ0v) is 12.9. The normalized spacial score (nSPS) is 11.7. The summed E-state index contributed by atoms with van der Waals surface area (Å²) in [6.45, 7) is 0. The molecule has 1 atom stereocenters. The highest BCUT2D eigenvalue weighted by molar-refractivity contribution is 6.43. The van der Waals surface area contributed by atoms with Gasteiger partial charge in [-0.3, -0.25) is 4.79 Å². The fourth-order valence-electron chi connectivity index (χ4n) is 1.92. The summed E-state index contributed by atoms with van der Waals surface area (Å²) >= 11 is 11.9. The molecule has 0 saturated carbocycles. The number of carboxylic acids is 1. The van der Waals surface area contributed by atoms with Crippen molar-refractivity contribution in [3.05, 3.63) is 64.1 Å². The van der Waals surface area contributed by atoms with E-state index in [9.17, 15) is 14.7 Å². The second kappa shape index (κ2) is 7.29. The van der Waals surface area contributed by atoms with Gasteiger partial charge in [0, 0.05) is 12.0 Å². The highest BCUT2D eigenvalue weighted by atomic mass is 35.5. The van der Waals surface area contributed by atoms with Gasteiger partial charge >= 0.3 is 0 Å². The Morgan fingerprint density at radius 1 is 1.05 bits per heavy atom. The highest BCUT2D eigenvalue weighted by Crippen LogP contribution is 2.30. The van der Waals surface area contributed by atoms with E-state index >= 15 is 0 Å². The molecule has 0 amide bonds. The minimum absolute atomic E-state index is 0.197. The summed E-state index contributed by atoms with van der Waals surface area (Å²) in [4.78, 5) is 23.4. The van der Waals surface area contributed by atoms with Crippen LogP contribution in [0.5, 0.6) is 0 Å². The molecule has 0 radical (unpaired) electrons. The highest BCUT2D eigenvalue weighted by Gasteiger charge is 2.18. The minimum atomic E-state index is -1.39. The van der Waals surface area contributed by atoms with Crippen LogP contribution in [0.15, 0.2) is 48.5 Å². The largest absolute Gasteiger partial charge is 0.548 e. The standard InChI is InChI=1S/C16H13Cl2NO3/c17-11-7-4-8-12(15(11)18)19-13(16(21)22)9-14(20)10-5-2-1-3-6-10/h1-8,13,19H,9H2,(H,21,22)/p-1. The SMILES string of the molecule is O=C(CC(Nc1cccc(Cl)c1Cl)C(=O)[O-])c1ccccc1. The van der Waals surface area contributed by atoms with Crippen molar-refractivity contribution >= 4 is 40.6 Å². The van der Waals surface area contributed by atoms with Crippen LogP contribution >= 0.6 is 23.2 Å². The first kappa shape index (κ1) is 16.3. The average Bonchev–Trinajstić information content (AvgIpc) is 2.51. The summed E-state index contributed by atoms with van der Waals surface area (Å²) in [7, 11) is 0. The van der Waals surface area contributed by atoms with Crippen molar-refractivity contribution in [3.8, 4) is 0 Å². The monoisotopic (exact) mass is 336 g/mol. The Balaban J connectivity index is 2.16. The van der Waals surface area contributed by atoms with Gasteiger partial charge in [0.15, 0.2) is 5.78 Å². The molecule has 0 heterocycles. The Hall–Kier alpha value is -2.04. The molecule has 0 spiro atoms. The van der Waals surface area contributed by atoms with E-state index < -0.39 is 12.0 Å². The molecule has 0 aromatic heterocycles. The van der Waals surface area contributed by atoms with E-state index in [0.717, 1.165) is 0 Å². The van der Waals surface area contributed by atoms with Crippen LogP contribution in [0.2, 0.25) is 10.0 Å². The second-order valence-electron chi connectivity index (χ2n) is 4.61. The molecule has 2 aromatic rings. The zero-order valence-electron chi connectivity index (χ0n) is 11.4.